The van der Waals surface area contributed by atoms with Crippen molar-refractivity contribution in [1.82, 2.24) is 10.2 Å². The highest BCUT2D eigenvalue weighted by atomic mass is 19.4. The number of amides is 1. The summed E-state index contributed by atoms with van der Waals surface area (Å²) in [6.07, 6.45) is -2.17. The Morgan fingerprint density at radius 1 is 1.04 bits per heavy atom. The van der Waals surface area contributed by atoms with Gasteiger partial charge in [-0.25, -0.2) is 0 Å². The minimum Gasteiger partial charge on any atom is -0.339 e. The quantitative estimate of drug-likeness (QED) is 0.893. The normalized spacial score (nSPS) is 21.0. The van der Waals surface area contributed by atoms with E-state index in [0.717, 1.165) is 31.5 Å². The minimum atomic E-state index is -4.15. The average Bonchev–Trinajstić information content (AvgIpc) is 2.61. The van der Waals surface area contributed by atoms with E-state index in [1.54, 1.807) is 4.90 Å². The van der Waals surface area contributed by atoms with Gasteiger partial charge in [0.25, 0.3) is 5.91 Å². The van der Waals surface area contributed by atoms with Crippen molar-refractivity contribution in [3.8, 4) is 0 Å². The van der Waals surface area contributed by atoms with Crippen LogP contribution in [-0.4, -0.2) is 43.2 Å². The summed E-state index contributed by atoms with van der Waals surface area (Å²) >= 11 is 0. The van der Waals surface area contributed by atoms with Crippen LogP contribution in [0.1, 0.15) is 47.5 Å². The molecule has 1 N–H and O–H groups in total. The van der Waals surface area contributed by atoms with Gasteiger partial charge in [0.15, 0.2) is 0 Å². The van der Waals surface area contributed by atoms with Crippen LogP contribution in [0.4, 0.5) is 13.2 Å². The zero-order valence-corrected chi connectivity index (χ0v) is 13.6. The highest BCUT2D eigenvalue weighted by Gasteiger charge is 2.42. The van der Waals surface area contributed by atoms with Crippen molar-refractivity contribution in [2.24, 2.45) is 5.92 Å². The summed E-state index contributed by atoms with van der Waals surface area (Å²) in [6.45, 7) is 2.24. The summed E-state index contributed by atoms with van der Waals surface area (Å²) in [5.74, 6) is -1.05. The maximum Gasteiger partial charge on any atom is 0.391 e. The van der Waals surface area contributed by atoms with Gasteiger partial charge in [-0.2, -0.15) is 13.2 Å². The molecule has 0 atom stereocenters. The number of likely N-dealkylation sites (tertiary alicyclic amines) is 1. The molecule has 132 valence electrons. The van der Waals surface area contributed by atoms with Gasteiger partial charge in [-0.05, 0) is 56.3 Å². The Kier molecular flexibility index (Phi) is 5.13. The number of benzene rings is 1. The molecule has 2 aliphatic rings. The van der Waals surface area contributed by atoms with Crippen LogP contribution in [0.2, 0.25) is 0 Å². The van der Waals surface area contributed by atoms with Crippen LogP contribution >= 0.6 is 0 Å². The lowest BCUT2D eigenvalue weighted by Crippen LogP contribution is -2.42. The molecule has 3 nitrogen and oxygen atoms in total. The Morgan fingerprint density at radius 3 is 2.29 bits per heavy atom. The van der Waals surface area contributed by atoms with Crippen LogP contribution in [0.25, 0.3) is 0 Å². The molecule has 1 amide bonds. The van der Waals surface area contributed by atoms with Gasteiger partial charge in [0.1, 0.15) is 0 Å². The standard InChI is InChI=1S/C18H23F3N2O/c19-18(20,21)14-7-11-23(12-8-14)17(24)16-4-2-1-3-15(16)13-5-9-22-10-6-13/h1-4,13-14,22H,5-12H2. The number of nitrogens with one attached hydrogen (secondary N) is 1. The second-order valence-electron chi connectivity index (χ2n) is 6.72. The number of hydrogen-bond acceptors (Lipinski definition) is 2. The van der Waals surface area contributed by atoms with Crippen LogP contribution < -0.4 is 5.32 Å². The lowest BCUT2D eigenvalue weighted by atomic mass is 9.86. The molecule has 2 aliphatic heterocycles. The summed E-state index contributed by atoms with van der Waals surface area (Å²) in [7, 11) is 0. The van der Waals surface area contributed by atoms with Crippen molar-refractivity contribution in [1.29, 1.82) is 0 Å². The topological polar surface area (TPSA) is 32.3 Å². The first-order chi connectivity index (χ1) is 11.5. The van der Waals surface area contributed by atoms with Crippen LogP contribution in [-0.2, 0) is 0 Å². The van der Waals surface area contributed by atoms with Crippen molar-refractivity contribution in [3.05, 3.63) is 35.4 Å². The van der Waals surface area contributed by atoms with Crippen molar-refractivity contribution in [2.45, 2.75) is 37.8 Å². The molecule has 0 bridgehead atoms. The van der Waals surface area contributed by atoms with Crippen LogP contribution in [0.15, 0.2) is 24.3 Å². The number of nitrogens with zero attached hydrogens (tertiary/aromatic N) is 1. The fraction of sp³-hybridized carbons (Fsp3) is 0.611. The van der Waals surface area contributed by atoms with E-state index in [9.17, 15) is 18.0 Å². The first-order valence-corrected chi connectivity index (χ1v) is 8.62. The number of carbonyl (C=O) groups excluding carboxylic acids is 1. The van der Waals surface area contributed by atoms with Gasteiger partial charge in [0.2, 0.25) is 0 Å². The van der Waals surface area contributed by atoms with Gasteiger partial charge in [0, 0.05) is 18.7 Å². The Balaban J connectivity index is 1.72. The Labute approximate surface area is 140 Å². The van der Waals surface area contributed by atoms with E-state index >= 15 is 0 Å². The first-order valence-electron chi connectivity index (χ1n) is 8.62. The van der Waals surface area contributed by atoms with Crippen molar-refractivity contribution >= 4 is 5.91 Å². The maximum atomic E-state index is 12.8. The van der Waals surface area contributed by atoms with Crippen LogP contribution in [0.3, 0.4) is 0 Å². The Bertz CT molecular complexity index is 574. The van der Waals surface area contributed by atoms with Crippen molar-refractivity contribution < 1.29 is 18.0 Å². The number of hydrogen-bond donors (Lipinski definition) is 1. The van der Waals surface area contributed by atoms with Gasteiger partial charge in [-0.1, -0.05) is 18.2 Å². The monoisotopic (exact) mass is 340 g/mol. The number of piperidine rings is 2. The molecule has 2 fully saturated rings. The smallest absolute Gasteiger partial charge is 0.339 e. The van der Waals surface area contributed by atoms with Crippen molar-refractivity contribution in [2.75, 3.05) is 26.2 Å². The average molecular weight is 340 g/mol. The fourth-order valence-corrected chi connectivity index (χ4v) is 3.76. The number of carbonyl (C=O) groups is 1. The molecule has 6 heteroatoms. The van der Waals surface area contributed by atoms with Gasteiger partial charge in [-0.15, -0.1) is 0 Å². The molecule has 24 heavy (non-hydrogen) atoms. The highest BCUT2D eigenvalue weighted by molar-refractivity contribution is 5.96. The van der Waals surface area contributed by atoms with E-state index in [1.807, 2.05) is 24.3 Å². The molecule has 2 saturated heterocycles. The van der Waals surface area contributed by atoms with Gasteiger partial charge >= 0.3 is 6.18 Å². The number of rotatable bonds is 2. The third-order valence-corrected chi connectivity index (χ3v) is 5.22. The Hall–Kier alpha value is -1.56. The van der Waals surface area contributed by atoms with E-state index in [-0.39, 0.29) is 31.8 Å². The molecule has 1 aromatic carbocycles. The third-order valence-electron chi connectivity index (χ3n) is 5.22. The third kappa shape index (κ3) is 3.74. The van der Waals surface area contributed by atoms with Gasteiger partial charge < -0.3 is 10.2 Å². The molecule has 0 radical (unpaired) electrons. The summed E-state index contributed by atoms with van der Waals surface area (Å²) in [5.41, 5.74) is 1.71. The van der Waals surface area contributed by atoms with E-state index < -0.39 is 12.1 Å². The van der Waals surface area contributed by atoms with Crippen LogP contribution in [0.5, 0.6) is 0 Å². The fourth-order valence-electron chi connectivity index (χ4n) is 3.76. The van der Waals surface area contributed by atoms with Crippen molar-refractivity contribution in [3.63, 3.8) is 0 Å². The predicted molar refractivity (Wildman–Crippen MR) is 86.0 cm³/mol. The largest absolute Gasteiger partial charge is 0.391 e. The van der Waals surface area contributed by atoms with Gasteiger partial charge in [0.05, 0.1) is 5.92 Å². The zero-order chi connectivity index (χ0) is 17.2. The molecule has 0 spiro atoms. The molecule has 3 rings (SSSR count). The maximum absolute atomic E-state index is 12.8. The highest BCUT2D eigenvalue weighted by Crippen LogP contribution is 2.35. The molecule has 2 heterocycles. The predicted octanol–water partition coefficient (Wildman–Crippen LogP) is 3.57. The summed E-state index contributed by atoms with van der Waals surface area (Å²) in [5, 5.41) is 3.31. The molecule has 0 unspecified atom stereocenters. The zero-order valence-electron chi connectivity index (χ0n) is 13.6. The Morgan fingerprint density at radius 2 is 1.67 bits per heavy atom. The number of halogens is 3. The minimum absolute atomic E-state index is 0.00472. The molecule has 0 saturated carbocycles. The molecule has 0 aliphatic carbocycles. The lowest BCUT2D eigenvalue weighted by Gasteiger charge is -2.34. The molecule has 1 aromatic rings. The summed E-state index contributed by atoms with van der Waals surface area (Å²) < 4.78 is 38.4. The van der Waals surface area contributed by atoms with Crippen LogP contribution in [0, 0.1) is 5.92 Å². The summed E-state index contributed by atoms with van der Waals surface area (Å²) in [6, 6.07) is 7.57. The second-order valence-corrected chi connectivity index (χ2v) is 6.72. The molecule has 0 aromatic heterocycles. The second kappa shape index (κ2) is 7.13. The van der Waals surface area contributed by atoms with Gasteiger partial charge in [-0.3, -0.25) is 4.79 Å². The lowest BCUT2D eigenvalue weighted by molar-refractivity contribution is -0.183. The molecular weight excluding hydrogens is 317 g/mol. The van der Waals surface area contributed by atoms with E-state index in [2.05, 4.69) is 5.32 Å². The van der Waals surface area contributed by atoms with E-state index in [4.69, 9.17) is 0 Å². The number of alkyl halides is 3. The molecular formula is C18H23F3N2O. The SMILES string of the molecule is O=C(c1ccccc1C1CCNCC1)N1CCC(C(F)(F)F)CC1. The van der Waals surface area contributed by atoms with E-state index in [1.165, 1.54) is 0 Å². The van der Waals surface area contributed by atoms with E-state index in [0.29, 0.717) is 11.5 Å². The first kappa shape index (κ1) is 17.3. The summed E-state index contributed by atoms with van der Waals surface area (Å²) in [4.78, 5) is 14.4.